The second-order valence-corrected chi connectivity index (χ2v) is 8.24. The monoisotopic (exact) mass is 346 g/mol. The van der Waals surface area contributed by atoms with Gasteiger partial charge in [-0.25, -0.2) is 9.18 Å². The molecule has 5 heteroatoms. The molecule has 4 aliphatic rings. The Morgan fingerprint density at radius 2 is 2.16 bits per heavy atom. The lowest BCUT2D eigenvalue weighted by atomic mass is 9.69. The topological polar surface area (TPSA) is 32.8 Å². The average Bonchev–Trinajstić information content (AvgIpc) is 3.04. The van der Waals surface area contributed by atoms with Gasteiger partial charge in [0.05, 0.1) is 12.7 Å². The van der Waals surface area contributed by atoms with E-state index in [0.29, 0.717) is 17.0 Å². The SMILES string of the molecule is CCC1Cc2c(F)cc(C(=O)OC)cc2CN1CC12CC(C1)N(C)C2. The van der Waals surface area contributed by atoms with Gasteiger partial charge in [0.25, 0.3) is 0 Å². The molecule has 25 heavy (non-hydrogen) atoms. The molecule has 3 aliphatic heterocycles. The highest BCUT2D eigenvalue weighted by Crippen LogP contribution is 2.52. The van der Waals surface area contributed by atoms with Crippen molar-refractivity contribution < 1.29 is 13.9 Å². The smallest absolute Gasteiger partial charge is 0.337 e. The molecule has 0 aromatic heterocycles. The molecule has 3 fully saturated rings. The minimum atomic E-state index is -0.469. The summed E-state index contributed by atoms with van der Waals surface area (Å²) in [6.45, 7) is 5.17. The number of carbonyl (C=O) groups is 1. The van der Waals surface area contributed by atoms with E-state index in [0.717, 1.165) is 43.1 Å². The molecule has 1 unspecified atom stereocenters. The van der Waals surface area contributed by atoms with Crippen LogP contribution in [0.25, 0.3) is 0 Å². The molecule has 2 saturated heterocycles. The van der Waals surface area contributed by atoms with E-state index in [2.05, 4.69) is 23.8 Å². The van der Waals surface area contributed by atoms with Crippen molar-refractivity contribution in [3.63, 3.8) is 0 Å². The van der Waals surface area contributed by atoms with Crippen molar-refractivity contribution in [2.75, 3.05) is 27.2 Å². The Balaban J connectivity index is 1.59. The van der Waals surface area contributed by atoms with E-state index in [1.54, 1.807) is 0 Å². The normalized spacial score (nSPS) is 31.5. The third-order valence-corrected chi connectivity index (χ3v) is 6.59. The van der Waals surface area contributed by atoms with Crippen LogP contribution in [0, 0.1) is 11.2 Å². The van der Waals surface area contributed by atoms with Crippen molar-refractivity contribution in [2.24, 2.45) is 5.41 Å². The van der Waals surface area contributed by atoms with Gasteiger partial charge in [-0.2, -0.15) is 0 Å². The van der Waals surface area contributed by atoms with E-state index in [1.165, 1.54) is 32.6 Å². The van der Waals surface area contributed by atoms with E-state index >= 15 is 0 Å². The van der Waals surface area contributed by atoms with Gasteiger partial charge in [0, 0.05) is 31.7 Å². The standard InChI is InChI=1S/C20H27FN2O2/c1-4-15-7-17-14(5-13(6-18(17)21)19(24)25-3)10-23(15)12-20-8-16(9-20)22(2)11-20/h5-6,15-16H,4,7-12H2,1-3H3. The van der Waals surface area contributed by atoms with E-state index < -0.39 is 5.97 Å². The number of nitrogens with zero attached hydrogens (tertiary/aromatic N) is 2. The predicted molar refractivity (Wildman–Crippen MR) is 94.0 cm³/mol. The van der Waals surface area contributed by atoms with Crippen molar-refractivity contribution >= 4 is 5.97 Å². The Labute approximate surface area is 148 Å². The highest BCUT2D eigenvalue weighted by molar-refractivity contribution is 5.89. The molecule has 136 valence electrons. The van der Waals surface area contributed by atoms with Gasteiger partial charge in [-0.1, -0.05) is 6.92 Å². The number of methoxy groups -OCH3 is 1. The van der Waals surface area contributed by atoms with Crippen molar-refractivity contribution in [1.29, 1.82) is 0 Å². The number of hydrogen-bond donors (Lipinski definition) is 0. The molecule has 0 radical (unpaired) electrons. The summed E-state index contributed by atoms with van der Waals surface area (Å²) < 4.78 is 19.3. The molecular formula is C20H27FN2O2. The maximum atomic E-state index is 14.6. The Hall–Kier alpha value is -1.46. The highest BCUT2D eigenvalue weighted by atomic mass is 19.1. The van der Waals surface area contributed by atoms with E-state index in [1.807, 2.05) is 6.07 Å². The molecule has 0 amide bonds. The summed E-state index contributed by atoms with van der Waals surface area (Å²) in [4.78, 5) is 16.8. The third kappa shape index (κ3) is 2.77. The number of halogens is 1. The number of hydrogen-bond acceptors (Lipinski definition) is 4. The van der Waals surface area contributed by atoms with Gasteiger partial charge in [-0.3, -0.25) is 4.90 Å². The molecule has 1 aliphatic carbocycles. The largest absolute Gasteiger partial charge is 0.465 e. The van der Waals surface area contributed by atoms with Crippen LogP contribution in [0.2, 0.25) is 0 Å². The van der Waals surface area contributed by atoms with Gasteiger partial charge < -0.3 is 9.64 Å². The Morgan fingerprint density at radius 1 is 1.40 bits per heavy atom. The van der Waals surface area contributed by atoms with Gasteiger partial charge in [-0.05, 0) is 61.4 Å². The quantitative estimate of drug-likeness (QED) is 0.785. The minimum Gasteiger partial charge on any atom is -0.465 e. The average molecular weight is 346 g/mol. The van der Waals surface area contributed by atoms with Crippen LogP contribution in [0.4, 0.5) is 4.39 Å². The van der Waals surface area contributed by atoms with E-state index in [-0.39, 0.29) is 5.82 Å². The van der Waals surface area contributed by atoms with Crippen LogP contribution < -0.4 is 0 Å². The van der Waals surface area contributed by atoms with Gasteiger partial charge in [-0.15, -0.1) is 0 Å². The Bertz CT molecular complexity index is 699. The maximum absolute atomic E-state index is 14.6. The molecule has 3 heterocycles. The summed E-state index contributed by atoms with van der Waals surface area (Å²) in [6.07, 6.45) is 4.33. The fourth-order valence-corrected chi connectivity index (χ4v) is 5.25. The van der Waals surface area contributed by atoms with Crippen molar-refractivity contribution in [3.8, 4) is 0 Å². The van der Waals surface area contributed by atoms with Crippen LogP contribution in [0.3, 0.4) is 0 Å². The van der Waals surface area contributed by atoms with Crippen molar-refractivity contribution in [3.05, 3.63) is 34.6 Å². The van der Waals surface area contributed by atoms with Gasteiger partial charge in [0.1, 0.15) is 5.82 Å². The summed E-state index contributed by atoms with van der Waals surface area (Å²) in [5.74, 6) is -0.734. The number of benzene rings is 1. The fourth-order valence-electron chi connectivity index (χ4n) is 5.25. The molecule has 0 N–H and O–H groups in total. The molecular weight excluding hydrogens is 319 g/mol. The first-order chi connectivity index (χ1) is 11.9. The maximum Gasteiger partial charge on any atom is 0.337 e. The Morgan fingerprint density at radius 3 is 2.76 bits per heavy atom. The van der Waals surface area contributed by atoms with Crippen LogP contribution >= 0.6 is 0 Å². The molecule has 1 aromatic carbocycles. The number of ether oxygens (including phenoxy) is 1. The van der Waals surface area contributed by atoms with Gasteiger partial charge >= 0.3 is 5.97 Å². The Kier molecular flexibility index (Phi) is 4.12. The van der Waals surface area contributed by atoms with Crippen LogP contribution in [0.1, 0.15) is 47.7 Å². The lowest BCUT2D eigenvalue weighted by Crippen LogP contribution is -2.49. The zero-order valence-corrected chi connectivity index (χ0v) is 15.3. The zero-order chi connectivity index (χ0) is 17.8. The summed E-state index contributed by atoms with van der Waals surface area (Å²) in [5, 5.41) is 0. The predicted octanol–water partition coefficient (Wildman–Crippen LogP) is 2.84. The number of carbonyl (C=O) groups excluding carboxylic acids is 1. The first kappa shape index (κ1) is 17.0. The molecule has 1 aromatic rings. The summed E-state index contributed by atoms with van der Waals surface area (Å²) in [6, 6.07) is 4.30. The van der Waals surface area contributed by atoms with Crippen LogP contribution in [0.5, 0.6) is 0 Å². The van der Waals surface area contributed by atoms with Crippen LogP contribution in [0.15, 0.2) is 12.1 Å². The molecule has 0 spiro atoms. The summed E-state index contributed by atoms with van der Waals surface area (Å²) in [5.41, 5.74) is 2.46. The summed E-state index contributed by atoms with van der Waals surface area (Å²) >= 11 is 0. The van der Waals surface area contributed by atoms with Crippen LogP contribution in [-0.2, 0) is 17.7 Å². The van der Waals surface area contributed by atoms with Crippen molar-refractivity contribution in [2.45, 2.75) is 51.2 Å². The molecule has 4 nitrogen and oxygen atoms in total. The van der Waals surface area contributed by atoms with E-state index in [9.17, 15) is 9.18 Å². The number of esters is 1. The van der Waals surface area contributed by atoms with E-state index in [4.69, 9.17) is 4.74 Å². The third-order valence-electron chi connectivity index (χ3n) is 6.59. The second kappa shape index (κ2) is 6.06. The minimum absolute atomic E-state index is 0.265. The van der Waals surface area contributed by atoms with Crippen molar-refractivity contribution in [1.82, 2.24) is 9.80 Å². The lowest BCUT2D eigenvalue weighted by Gasteiger charge is -2.45. The second-order valence-electron chi connectivity index (χ2n) is 8.24. The molecule has 5 rings (SSSR count). The molecule has 1 saturated carbocycles. The summed E-state index contributed by atoms with van der Waals surface area (Å²) in [7, 11) is 3.56. The first-order valence-electron chi connectivity index (χ1n) is 9.28. The highest BCUT2D eigenvalue weighted by Gasteiger charge is 2.54. The first-order valence-corrected chi connectivity index (χ1v) is 9.28. The number of fused-ring (bicyclic) bond motifs is 2. The van der Waals surface area contributed by atoms with Crippen LogP contribution in [-0.4, -0.2) is 55.1 Å². The van der Waals surface area contributed by atoms with Gasteiger partial charge in [0.15, 0.2) is 0 Å². The fraction of sp³-hybridized carbons (Fsp3) is 0.650. The zero-order valence-electron chi connectivity index (χ0n) is 15.3. The molecule has 2 bridgehead atoms. The lowest BCUT2D eigenvalue weighted by molar-refractivity contribution is 0.0589. The van der Waals surface area contributed by atoms with Gasteiger partial charge in [0.2, 0.25) is 0 Å². The molecule has 1 atom stereocenters. The number of rotatable bonds is 4.